The number of carboxylic acids is 1. The standard InChI is InChI=1S/C25H18BrNO8S/c1-33-24(31)20-8-6-17(35-20)12-27-22(28)21(36-25(27)32)11-14-5-7-19(18(26)10-14)34-13-15-3-2-4-16(9-15)23(29)30/h2-11H,12-13H2,1H3,(H,29,30)/b21-11+. The van der Waals surface area contributed by atoms with Crippen LogP contribution in [0.5, 0.6) is 5.75 Å². The van der Waals surface area contributed by atoms with E-state index in [0.29, 0.717) is 21.3 Å². The molecule has 2 heterocycles. The normalized spacial score (nSPS) is 14.4. The minimum Gasteiger partial charge on any atom is -0.488 e. The summed E-state index contributed by atoms with van der Waals surface area (Å²) in [5.74, 6) is -1.35. The van der Waals surface area contributed by atoms with Crippen molar-refractivity contribution < 1.29 is 38.2 Å². The quantitative estimate of drug-likeness (QED) is 0.281. The van der Waals surface area contributed by atoms with Crippen LogP contribution in [0.3, 0.4) is 0 Å². The molecule has 0 radical (unpaired) electrons. The number of carbonyl (C=O) groups is 4. The molecule has 11 heteroatoms. The molecule has 184 valence electrons. The number of rotatable bonds is 8. The highest BCUT2D eigenvalue weighted by atomic mass is 79.9. The minimum atomic E-state index is -1.01. The van der Waals surface area contributed by atoms with Gasteiger partial charge in [0.05, 0.1) is 28.6 Å². The molecule has 1 N–H and O–H groups in total. The lowest BCUT2D eigenvalue weighted by atomic mass is 10.1. The topological polar surface area (TPSA) is 123 Å². The Hall–Kier alpha value is -3.83. The fourth-order valence-corrected chi connectivity index (χ4v) is 4.65. The summed E-state index contributed by atoms with van der Waals surface area (Å²) in [5.41, 5.74) is 1.55. The van der Waals surface area contributed by atoms with Gasteiger partial charge in [-0.3, -0.25) is 14.5 Å². The Morgan fingerprint density at radius 3 is 2.67 bits per heavy atom. The Labute approximate surface area is 217 Å². The van der Waals surface area contributed by atoms with Gasteiger partial charge in [-0.2, -0.15) is 0 Å². The van der Waals surface area contributed by atoms with E-state index >= 15 is 0 Å². The highest BCUT2D eigenvalue weighted by Gasteiger charge is 2.35. The number of thioether (sulfide) groups is 1. The van der Waals surface area contributed by atoms with E-state index in [4.69, 9.17) is 14.3 Å². The number of methoxy groups -OCH3 is 1. The molecule has 0 spiro atoms. The van der Waals surface area contributed by atoms with E-state index < -0.39 is 23.1 Å². The zero-order valence-electron chi connectivity index (χ0n) is 18.7. The van der Waals surface area contributed by atoms with E-state index in [-0.39, 0.29) is 35.1 Å². The summed E-state index contributed by atoms with van der Waals surface area (Å²) in [6.07, 6.45) is 1.60. The van der Waals surface area contributed by atoms with Crippen LogP contribution >= 0.6 is 27.7 Å². The number of esters is 1. The number of halogens is 1. The third-order valence-corrected chi connectivity index (χ3v) is 6.58. The van der Waals surface area contributed by atoms with E-state index in [0.717, 1.165) is 16.7 Å². The van der Waals surface area contributed by atoms with Crippen LogP contribution in [0.15, 0.2) is 68.4 Å². The fraction of sp³-hybridized carbons (Fsp3) is 0.120. The molecule has 1 aliphatic heterocycles. The number of amides is 2. The molecule has 9 nitrogen and oxygen atoms in total. The smallest absolute Gasteiger partial charge is 0.373 e. The molecule has 1 aliphatic rings. The second-order valence-electron chi connectivity index (χ2n) is 7.51. The first kappa shape index (κ1) is 25.3. The summed E-state index contributed by atoms with van der Waals surface area (Å²) in [7, 11) is 1.23. The number of carboxylic acid groups (broad SMARTS) is 1. The highest BCUT2D eigenvalue weighted by Crippen LogP contribution is 2.35. The molecule has 1 saturated heterocycles. The molecular formula is C25H18BrNO8S. The second kappa shape index (κ2) is 10.8. The van der Waals surface area contributed by atoms with Crippen molar-refractivity contribution >= 4 is 56.9 Å². The molecule has 0 unspecified atom stereocenters. The van der Waals surface area contributed by atoms with Crippen LogP contribution < -0.4 is 4.74 Å². The SMILES string of the molecule is COC(=O)c1ccc(CN2C(=O)S/C(=C/c3ccc(OCc4cccc(C(=O)O)c4)c(Br)c3)C2=O)o1. The lowest BCUT2D eigenvalue weighted by Crippen LogP contribution is -2.27. The van der Waals surface area contributed by atoms with Gasteiger partial charge in [-0.1, -0.05) is 18.2 Å². The molecule has 0 bridgehead atoms. The number of aromatic carboxylic acids is 1. The molecule has 4 rings (SSSR count). The van der Waals surface area contributed by atoms with Gasteiger partial charge < -0.3 is 19.0 Å². The number of imide groups is 1. The molecule has 3 aromatic rings. The van der Waals surface area contributed by atoms with E-state index in [1.54, 1.807) is 42.5 Å². The van der Waals surface area contributed by atoms with Gasteiger partial charge in [0.1, 0.15) is 18.1 Å². The zero-order chi connectivity index (χ0) is 25.8. The van der Waals surface area contributed by atoms with Crippen molar-refractivity contribution in [3.63, 3.8) is 0 Å². The van der Waals surface area contributed by atoms with Crippen LogP contribution in [-0.2, 0) is 22.7 Å². The number of hydrogen-bond donors (Lipinski definition) is 1. The van der Waals surface area contributed by atoms with Crippen molar-refractivity contribution in [3.8, 4) is 5.75 Å². The third-order valence-electron chi connectivity index (χ3n) is 5.06. The van der Waals surface area contributed by atoms with Crippen LogP contribution in [-0.4, -0.2) is 40.2 Å². The van der Waals surface area contributed by atoms with Gasteiger partial charge in [0.25, 0.3) is 11.1 Å². The number of benzene rings is 2. The van der Waals surface area contributed by atoms with Crippen LogP contribution in [0, 0.1) is 0 Å². The molecule has 0 atom stereocenters. The minimum absolute atomic E-state index is 0.0169. The fourth-order valence-electron chi connectivity index (χ4n) is 3.30. The van der Waals surface area contributed by atoms with Crippen molar-refractivity contribution in [2.24, 2.45) is 0 Å². The molecular weight excluding hydrogens is 554 g/mol. The predicted molar refractivity (Wildman–Crippen MR) is 133 cm³/mol. The van der Waals surface area contributed by atoms with Gasteiger partial charge in [-0.05, 0) is 81.3 Å². The zero-order valence-corrected chi connectivity index (χ0v) is 21.1. The Morgan fingerprint density at radius 2 is 1.94 bits per heavy atom. The summed E-state index contributed by atoms with van der Waals surface area (Å²) in [4.78, 5) is 49.2. The maximum absolute atomic E-state index is 12.8. The number of nitrogens with zero attached hydrogens (tertiary/aromatic N) is 1. The highest BCUT2D eigenvalue weighted by molar-refractivity contribution is 9.10. The Kier molecular flexibility index (Phi) is 7.61. The lowest BCUT2D eigenvalue weighted by Gasteiger charge is -2.10. The van der Waals surface area contributed by atoms with E-state index in [9.17, 15) is 19.2 Å². The van der Waals surface area contributed by atoms with Crippen LogP contribution in [0.25, 0.3) is 6.08 Å². The van der Waals surface area contributed by atoms with Gasteiger partial charge in [0.15, 0.2) is 0 Å². The van der Waals surface area contributed by atoms with Gasteiger partial charge >= 0.3 is 11.9 Å². The van der Waals surface area contributed by atoms with E-state index in [1.807, 2.05) is 0 Å². The first-order valence-corrected chi connectivity index (χ1v) is 12.0. The van der Waals surface area contributed by atoms with Crippen molar-refractivity contribution in [1.82, 2.24) is 4.90 Å². The first-order valence-electron chi connectivity index (χ1n) is 10.4. The molecule has 1 fully saturated rings. The number of furan rings is 1. The monoisotopic (exact) mass is 571 g/mol. The van der Waals surface area contributed by atoms with Crippen molar-refractivity contribution in [2.45, 2.75) is 13.2 Å². The average Bonchev–Trinajstić information content (AvgIpc) is 3.43. The number of hydrogen-bond acceptors (Lipinski definition) is 8. The van der Waals surface area contributed by atoms with E-state index in [1.165, 1.54) is 25.3 Å². The predicted octanol–water partition coefficient (Wildman–Crippen LogP) is 5.34. The Morgan fingerprint density at radius 1 is 1.14 bits per heavy atom. The molecule has 0 aliphatic carbocycles. The number of carbonyl (C=O) groups excluding carboxylic acids is 3. The molecule has 0 saturated carbocycles. The van der Waals surface area contributed by atoms with Gasteiger partial charge in [-0.25, -0.2) is 9.59 Å². The van der Waals surface area contributed by atoms with Crippen molar-refractivity contribution in [2.75, 3.05) is 7.11 Å². The average molecular weight is 572 g/mol. The third kappa shape index (κ3) is 5.69. The summed E-state index contributed by atoms with van der Waals surface area (Å²) < 4.78 is 16.4. The molecule has 2 aromatic carbocycles. The first-order chi connectivity index (χ1) is 17.2. The number of ether oxygens (including phenoxy) is 2. The molecule has 2 amide bonds. The summed E-state index contributed by atoms with van der Waals surface area (Å²) in [5, 5.41) is 8.66. The molecule has 36 heavy (non-hydrogen) atoms. The Bertz CT molecular complexity index is 1400. The second-order valence-corrected chi connectivity index (χ2v) is 9.36. The summed E-state index contributed by atoms with van der Waals surface area (Å²) in [6.45, 7) is 0.0565. The largest absolute Gasteiger partial charge is 0.488 e. The lowest BCUT2D eigenvalue weighted by molar-refractivity contribution is -0.123. The van der Waals surface area contributed by atoms with Crippen LogP contribution in [0.4, 0.5) is 4.79 Å². The van der Waals surface area contributed by atoms with E-state index in [2.05, 4.69) is 20.7 Å². The van der Waals surface area contributed by atoms with Crippen molar-refractivity contribution in [1.29, 1.82) is 0 Å². The maximum Gasteiger partial charge on any atom is 0.373 e. The van der Waals surface area contributed by atoms with Crippen molar-refractivity contribution in [3.05, 3.63) is 92.2 Å². The Balaban J connectivity index is 1.43. The summed E-state index contributed by atoms with van der Waals surface area (Å²) in [6, 6.07) is 14.6. The van der Waals surface area contributed by atoms with Crippen LogP contribution in [0.1, 0.15) is 37.8 Å². The maximum atomic E-state index is 12.8. The van der Waals surface area contributed by atoms with Gasteiger partial charge in [0, 0.05) is 0 Å². The summed E-state index contributed by atoms with van der Waals surface area (Å²) >= 11 is 4.25. The molecule has 1 aromatic heterocycles. The van der Waals surface area contributed by atoms with Gasteiger partial charge in [-0.15, -0.1) is 0 Å². The van der Waals surface area contributed by atoms with Gasteiger partial charge in [0.2, 0.25) is 5.76 Å². The van der Waals surface area contributed by atoms with Crippen LogP contribution in [0.2, 0.25) is 0 Å².